The molecule has 0 amide bonds. The normalized spacial score (nSPS) is 14.8. The summed E-state index contributed by atoms with van der Waals surface area (Å²) in [5.74, 6) is 0.141. The van der Waals surface area contributed by atoms with Crippen molar-refractivity contribution in [3.63, 3.8) is 0 Å². The lowest BCUT2D eigenvalue weighted by molar-refractivity contribution is 0.425. The first-order valence-electron chi connectivity index (χ1n) is 9.12. The fourth-order valence-electron chi connectivity index (χ4n) is 3.29. The Morgan fingerprint density at radius 3 is 2.80 bits per heavy atom. The molecule has 0 spiro atoms. The summed E-state index contributed by atoms with van der Waals surface area (Å²) in [6.07, 6.45) is 1.61. The van der Waals surface area contributed by atoms with Crippen molar-refractivity contribution in [2.45, 2.75) is 18.4 Å². The van der Waals surface area contributed by atoms with Crippen LogP contribution in [-0.4, -0.2) is 53.9 Å². The molecular formula is C18H18BN5O5S. The van der Waals surface area contributed by atoms with E-state index in [9.17, 15) is 23.3 Å². The van der Waals surface area contributed by atoms with Crippen LogP contribution in [0.2, 0.25) is 0 Å². The van der Waals surface area contributed by atoms with Gasteiger partial charge in [-0.3, -0.25) is 9.56 Å². The molecule has 2 heterocycles. The number of sulfonamides is 1. The molecule has 0 saturated heterocycles. The molecule has 1 aliphatic heterocycles. The van der Waals surface area contributed by atoms with Crippen molar-refractivity contribution in [1.29, 1.82) is 0 Å². The molecule has 0 bridgehead atoms. The average molecular weight is 427 g/mol. The largest absolute Gasteiger partial charge is 0.488 e. The predicted molar refractivity (Wildman–Crippen MR) is 114 cm³/mol. The van der Waals surface area contributed by atoms with E-state index in [-0.39, 0.29) is 28.6 Å². The lowest BCUT2D eigenvalue weighted by Crippen LogP contribution is -2.31. The molecule has 12 heteroatoms. The number of aliphatic imine (C=N–C) groups is 1. The summed E-state index contributed by atoms with van der Waals surface area (Å²) in [6.45, 7) is 2.51. The Hall–Kier alpha value is -3.22. The van der Waals surface area contributed by atoms with Crippen LogP contribution >= 0.6 is 0 Å². The van der Waals surface area contributed by atoms with Gasteiger partial charge in [-0.15, -0.1) is 4.40 Å². The monoisotopic (exact) mass is 427 g/mol. The number of hydrogen-bond acceptors (Lipinski definition) is 7. The van der Waals surface area contributed by atoms with Gasteiger partial charge in [-0.1, -0.05) is 18.2 Å². The van der Waals surface area contributed by atoms with Crippen molar-refractivity contribution in [3.8, 4) is 0 Å². The second-order valence-corrected chi connectivity index (χ2v) is 8.21. The minimum absolute atomic E-state index is 0.0671. The molecule has 4 N–H and O–H groups in total. The van der Waals surface area contributed by atoms with Crippen LogP contribution in [0, 0.1) is 0 Å². The van der Waals surface area contributed by atoms with E-state index >= 15 is 0 Å². The van der Waals surface area contributed by atoms with Crippen molar-refractivity contribution < 1.29 is 18.5 Å². The molecule has 1 aliphatic rings. The standard InChI is InChI=1S/C18H18BN5O5S/c1-2-24-15-7-11(3-6-14(15)22-18(24)25)9-20-10-21-17-13-5-4-12(19(26)27)8-16(13)30(28,29)23-17/h3-9,26-27H,2,10H2,1H3,(H,21,23)(H,22,25)/b20-9+. The number of H-pyrrole nitrogens is 1. The van der Waals surface area contributed by atoms with Gasteiger partial charge in [0.25, 0.3) is 10.0 Å². The van der Waals surface area contributed by atoms with Gasteiger partial charge in [0.05, 0.1) is 15.9 Å². The van der Waals surface area contributed by atoms with Crippen LogP contribution in [0.1, 0.15) is 18.1 Å². The van der Waals surface area contributed by atoms with Crippen LogP contribution in [0.5, 0.6) is 0 Å². The molecule has 0 atom stereocenters. The van der Waals surface area contributed by atoms with Gasteiger partial charge >= 0.3 is 12.8 Å². The first-order valence-corrected chi connectivity index (χ1v) is 10.6. The van der Waals surface area contributed by atoms with E-state index in [2.05, 4.69) is 19.7 Å². The molecule has 30 heavy (non-hydrogen) atoms. The lowest BCUT2D eigenvalue weighted by atomic mass is 9.80. The molecule has 1 aromatic heterocycles. The molecule has 0 radical (unpaired) electrons. The van der Waals surface area contributed by atoms with Crippen molar-refractivity contribution in [2.24, 2.45) is 9.39 Å². The number of nitrogens with zero attached hydrogens (tertiary/aromatic N) is 3. The van der Waals surface area contributed by atoms with Crippen molar-refractivity contribution in [2.75, 3.05) is 6.67 Å². The third-order valence-corrected chi connectivity index (χ3v) is 6.06. The zero-order valence-corrected chi connectivity index (χ0v) is 16.7. The quantitative estimate of drug-likeness (QED) is 0.308. The summed E-state index contributed by atoms with van der Waals surface area (Å²) in [5.41, 5.74) is 2.55. The average Bonchev–Trinajstić information content (AvgIpc) is 3.16. The number of rotatable bonds is 5. The van der Waals surface area contributed by atoms with Gasteiger partial charge in [0.2, 0.25) is 0 Å². The van der Waals surface area contributed by atoms with Crippen LogP contribution in [0.25, 0.3) is 11.0 Å². The minimum atomic E-state index is -3.91. The van der Waals surface area contributed by atoms with Gasteiger partial charge in [0.15, 0.2) is 0 Å². The van der Waals surface area contributed by atoms with E-state index in [4.69, 9.17) is 0 Å². The zero-order chi connectivity index (χ0) is 21.5. The third kappa shape index (κ3) is 3.56. The lowest BCUT2D eigenvalue weighted by Gasteiger charge is -2.05. The maximum Gasteiger partial charge on any atom is 0.488 e. The fraction of sp³-hybridized carbons (Fsp3) is 0.167. The summed E-state index contributed by atoms with van der Waals surface area (Å²) in [6, 6.07) is 9.54. The van der Waals surface area contributed by atoms with E-state index in [1.54, 1.807) is 16.8 Å². The third-order valence-electron chi connectivity index (χ3n) is 4.74. The van der Waals surface area contributed by atoms with Gasteiger partial charge in [-0.2, -0.15) is 8.42 Å². The molecule has 10 nitrogen and oxygen atoms in total. The second-order valence-electron chi connectivity index (χ2n) is 6.64. The fourth-order valence-corrected chi connectivity index (χ4v) is 4.52. The molecular weight excluding hydrogens is 409 g/mol. The second kappa shape index (κ2) is 7.56. The smallest absolute Gasteiger partial charge is 0.423 e. The molecule has 0 aliphatic carbocycles. The number of nitrogens with one attached hydrogen (secondary N) is 2. The van der Waals surface area contributed by atoms with Crippen LogP contribution in [-0.2, 0) is 16.6 Å². The van der Waals surface area contributed by atoms with Gasteiger partial charge in [-0.25, -0.2) is 4.79 Å². The molecule has 154 valence electrons. The Morgan fingerprint density at radius 1 is 1.27 bits per heavy atom. The number of aryl methyl sites for hydroxylation is 1. The van der Waals surface area contributed by atoms with Crippen molar-refractivity contribution in [1.82, 2.24) is 14.9 Å². The Kier molecular flexibility index (Phi) is 5.06. The molecule has 0 fully saturated rings. The van der Waals surface area contributed by atoms with Crippen LogP contribution in [0.15, 0.2) is 55.5 Å². The number of benzene rings is 2. The highest BCUT2D eigenvalue weighted by Gasteiger charge is 2.30. The van der Waals surface area contributed by atoms with Crippen molar-refractivity contribution >= 4 is 45.7 Å². The Morgan fingerprint density at radius 2 is 2.07 bits per heavy atom. The highest BCUT2D eigenvalue weighted by molar-refractivity contribution is 7.90. The van der Waals surface area contributed by atoms with Gasteiger partial charge in [0, 0.05) is 18.3 Å². The Bertz CT molecular complexity index is 1360. The maximum absolute atomic E-state index is 12.2. The van der Waals surface area contributed by atoms with Gasteiger partial charge in [0.1, 0.15) is 12.5 Å². The SMILES string of the molecule is CCn1c(=O)[nH]c2ccc(/C=N/CNC3=NS(=O)(=O)c4cc(B(O)O)ccc43)cc21. The first kappa shape index (κ1) is 20.1. The molecule has 4 rings (SSSR count). The van der Waals surface area contributed by atoms with E-state index in [0.29, 0.717) is 12.1 Å². The Labute approximate surface area is 171 Å². The van der Waals surface area contributed by atoms with Crippen LogP contribution < -0.4 is 16.5 Å². The van der Waals surface area contributed by atoms with Crippen LogP contribution in [0.4, 0.5) is 0 Å². The zero-order valence-electron chi connectivity index (χ0n) is 15.9. The highest BCUT2D eigenvalue weighted by atomic mass is 32.2. The molecule has 3 aromatic rings. The van der Waals surface area contributed by atoms with E-state index in [1.807, 2.05) is 19.1 Å². The van der Waals surface area contributed by atoms with E-state index < -0.39 is 17.1 Å². The van der Waals surface area contributed by atoms with Gasteiger partial charge in [-0.05, 0) is 36.1 Å². The predicted octanol–water partition coefficient (Wildman–Crippen LogP) is -0.856. The van der Waals surface area contributed by atoms with Gasteiger partial charge < -0.3 is 20.3 Å². The number of imidazole rings is 1. The number of amidine groups is 1. The molecule has 0 saturated carbocycles. The summed E-state index contributed by atoms with van der Waals surface area (Å²) < 4.78 is 29.8. The Balaban J connectivity index is 1.51. The maximum atomic E-state index is 12.2. The molecule has 0 unspecified atom stereocenters. The summed E-state index contributed by atoms with van der Waals surface area (Å²) in [7, 11) is -5.68. The summed E-state index contributed by atoms with van der Waals surface area (Å²) in [5, 5.41) is 21.3. The van der Waals surface area contributed by atoms with Crippen LogP contribution in [0.3, 0.4) is 0 Å². The topological polar surface area (TPSA) is 149 Å². The number of aromatic nitrogens is 2. The number of fused-ring (bicyclic) bond motifs is 2. The number of hydrogen-bond donors (Lipinski definition) is 4. The first-order chi connectivity index (χ1) is 14.3. The minimum Gasteiger partial charge on any atom is -0.423 e. The highest BCUT2D eigenvalue weighted by Crippen LogP contribution is 2.24. The van der Waals surface area contributed by atoms with Crippen molar-refractivity contribution in [3.05, 3.63) is 58.0 Å². The number of aromatic amines is 1. The summed E-state index contributed by atoms with van der Waals surface area (Å²) >= 11 is 0. The summed E-state index contributed by atoms with van der Waals surface area (Å²) in [4.78, 5) is 18.8. The van der Waals surface area contributed by atoms with E-state index in [0.717, 1.165) is 16.6 Å². The van der Waals surface area contributed by atoms with E-state index in [1.165, 1.54) is 18.2 Å². The molecule has 2 aromatic carbocycles.